The molecule has 1 saturated carbocycles. The summed E-state index contributed by atoms with van der Waals surface area (Å²) in [7, 11) is 0. The number of halogens is 1. The fraction of sp³-hybridized carbons (Fsp3) is 0.370. The largest absolute Gasteiger partial charge is 0.312 e. The van der Waals surface area contributed by atoms with E-state index in [4.69, 9.17) is 0 Å². The van der Waals surface area contributed by atoms with Crippen molar-refractivity contribution in [3.05, 3.63) is 87.9 Å². The number of nitrogens with one attached hydrogen (secondary N) is 1. The fourth-order valence-corrected chi connectivity index (χ4v) is 5.35. The first-order valence-electron chi connectivity index (χ1n) is 11.5. The van der Waals surface area contributed by atoms with E-state index in [2.05, 4.69) is 24.4 Å². The Kier molecular flexibility index (Phi) is 7.72. The minimum atomic E-state index is -0.333. The van der Waals surface area contributed by atoms with Crippen molar-refractivity contribution in [2.24, 2.45) is 0 Å². The minimum Gasteiger partial charge on any atom is -0.312 e. The summed E-state index contributed by atoms with van der Waals surface area (Å²) in [6.07, 6.45) is 6.44. The van der Waals surface area contributed by atoms with E-state index in [1.165, 1.54) is 44.2 Å². The van der Waals surface area contributed by atoms with Crippen molar-refractivity contribution in [1.29, 1.82) is 0 Å². The van der Waals surface area contributed by atoms with Crippen molar-refractivity contribution in [2.45, 2.75) is 57.5 Å². The maximum atomic E-state index is 14.2. The number of aryl methyl sites for hydroxylation is 1. The predicted octanol–water partition coefficient (Wildman–Crippen LogP) is 6.43. The van der Waals surface area contributed by atoms with E-state index in [1.54, 1.807) is 22.3 Å². The van der Waals surface area contributed by atoms with Crippen molar-refractivity contribution >= 4 is 22.9 Å². The lowest BCUT2D eigenvalue weighted by atomic mass is 9.94. The monoisotopic (exact) mass is 450 g/mol. The van der Waals surface area contributed by atoms with E-state index in [9.17, 15) is 9.18 Å². The number of anilines is 1. The summed E-state index contributed by atoms with van der Waals surface area (Å²) in [4.78, 5) is 16.5. The molecular formula is C27H31FN2OS. The Morgan fingerprint density at radius 3 is 2.62 bits per heavy atom. The minimum absolute atomic E-state index is 0.0169. The number of carbonyl (C=O) groups excluding carboxylic acids is 1. The molecule has 3 nitrogen and oxygen atoms in total. The van der Waals surface area contributed by atoms with Crippen LogP contribution in [0.4, 0.5) is 10.1 Å². The van der Waals surface area contributed by atoms with Crippen LogP contribution in [0.2, 0.25) is 0 Å². The summed E-state index contributed by atoms with van der Waals surface area (Å²) in [5, 5.41) is 5.73. The first kappa shape index (κ1) is 22.7. The van der Waals surface area contributed by atoms with Crippen LogP contribution in [-0.4, -0.2) is 18.5 Å². The zero-order chi connectivity index (χ0) is 22.3. The van der Waals surface area contributed by atoms with Crippen LogP contribution in [0.15, 0.2) is 66.0 Å². The molecule has 2 aromatic carbocycles. The van der Waals surface area contributed by atoms with Gasteiger partial charge in [-0.2, -0.15) is 0 Å². The van der Waals surface area contributed by atoms with Crippen LogP contribution in [0.25, 0.3) is 0 Å². The molecule has 0 saturated heterocycles. The molecule has 4 rings (SSSR count). The second-order valence-electron chi connectivity index (χ2n) is 8.62. The van der Waals surface area contributed by atoms with Gasteiger partial charge in [-0.05, 0) is 60.5 Å². The Morgan fingerprint density at radius 2 is 1.91 bits per heavy atom. The predicted molar refractivity (Wildman–Crippen MR) is 131 cm³/mol. The number of rotatable bonds is 8. The van der Waals surface area contributed by atoms with Gasteiger partial charge in [0.15, 0.2) is 0 Å². The zero-order valence-electron chi connectivity index (χ0n) is 18.6. The standard InChI is InChI=1S/C27H31FN2OS/c1-20-9-5-6-15-25(20)26(19-29-22-11-3-2-4-12-22)30(23-13-7-10-21(28)17-23)27(31)18-24-14-8-16-32-24/h5-10,13-17,22,26,29H,2-4,11-12,18-19H2,1H3. The van der Waals surface area contributed by atoms with Crippen LogP contribution in [0.5, 0.6) is 0 Å². The average Bonchev–Trinajstić information content (AvgIpc) is 3.31. The van der Waals surface area contributed by atoms with Gasteiger partial charge in [0.1, 0.15) is 5.82 Å². The van der Waals surface area contributed by atoms with Gasteiger partial charge in [0, 0.05) is 23.2 Å². The summed E-state index contributed by atoms with van der Waals surface area (Å²) in [5.74, 6) is -0.350. The quantitative estimate of drug-likeness (QED) is 0.429. The smallest absolute Gasteiger partial charge is 0.232 e. The molecule has 1 heterocycles. The lowest BCUT2D eigenvalue weighted by Gasteiger charge is -2.35. The summed E-state index contributed by atoms with van der Waals surface area (Å²) in [6, 6.07) is 18.8. The van der Waals surface area contributed by atoms with Gasteiger partial charge in [-0.1, -0.05) is 55.7 Å². The maximum absolute atomic E-state index is 14.2. The van der Waals surface area contributed by atoms with Gasteiger partial charge >= 0.3 is 0 Å². The van der Waals surface area contributed by atoms with Crippen LogP contribution in [0.1, 0.15) is 54.1 Å². The van der Waals surface area contributed by atoms with Gasteiger partial charge in [0.05, 0.1) is 12.5 Å². The first-order valence-corrected chi connectivity index (χ1v) is 12.4. The number of hydrogen-bond donors (Lipinski definition) is 1. The van der Waals surface area contributed by atoms with E-state index in [0.29, 0.717) is 24.7 Å². The number of thiophene rings is 1. The molecule has 1 aliphatic rings. The van der Waals surface area contributed by atoms with Crippen LogP contribution < -0.4 is 10.2 Å². The summed E-state index contributed by atoms with van der Waals surface area (Å²) < 4.78 is 14.2. The van der Waals surface area contributed by atoms with E-state index in [1.807, 2.05) is 35.7 Å². The molecule has 168 valence electrons. The van der Waals surface area contributed by atoms with Crippen LogP contribution in [0, 0.1) is 12.7 Å². The second-order valence-corrected chi connectivity index (χ2v) is 9.65. The third-order valence-electron chi connectivity index (χ3n) is 6.32. The SMILES string of the molecule is Cc1ccccc1C(CNC1CCCCC1)N(C(=O)Cc1cccs1)c1cccc(F)c1. The fourth-order valence-electron chi connectivity index (χ4n) is 4.66. The van der Waals surface area contributed by atoms with Crippen molar-refractivity contribution in [3.63, 3.8) is 0 Å². The lowest BCUT2D eigenvalue weighted by molar-refractivity contribution is -0.118. The van der Waals surface area contributed by atoms with Crippen LogP contribution in [0.3, 0.4) is 0 Å². The second kappa shape index (κ2) is 10.9. The van der Waals surface area contributed by atoms with Gasteiger partial charge in [0.2, 0.25) is 5.91 Å². The van der Waals surface area contributed by atoms with Crippen molar-refractivity contribution in [2.75, 3.05) is 11.4 Å². The highest BCUT2D eigenvalue weighted by Gasteiger charge is 2.29. The van der Waals surface area contributed by atoms with E-state index in [0.717, 1.165) is 16.0 Å². The number of carbonyl (C=O) groups is 1. The third-order valence-corrected chi connectivity index (χ3v) is 7.20. The molecule has 1 amide bonds. The number of nitrogens with zero attached hydrogens (tertiary/aromatic N) is 1. The molecule has 0 radical (unpaired) electrons. The topological polar surface area (TPSA) is 32.3 Å². The zero-order valence-corrected chi connectivity index (χ0v) is 19.4. The molecule has 0 bridgehead atoms. The highest BCUT2D eigenvalue weighted by Crippen LogP contribution is 2.31. The summed E-state index contributed by atoms with van der Waals surface area (Å²) in [6.45, 7) is 2.72. The normalized spacial score (nSPS) is 15.4. The Hall–Kier alpha value is -2.50. The molecule has 1 aromatic heterocycles. The Morgan fingerprint density at radius 1 is 1.09 bits per heavy atom. The van der Waals surface area contributed by atoms with Crippen molar-refractivity contribution in [3.8, 4) is 0 Å². The Balaban J connectivity index is 1.70. The van der Waals surface area contributed by atoms with Gasteiger partial charge in [-0.25, -0.2) is 4.39 Å². The highest BCUT2D eigenvalue weighted by molar-refractivity contribution is 7.10. The van der Waals surface area contributed by atoms with E-state index >= 15 is 0 Å². The first-order chi connectivity index (χ1) is 15.6. The molecule has 3 aromatic rings. The molecule has 0 spiro atoms. The number of benzene rings is 2. The van der Waals surface area contributed by atoms with Crippen molar-refractivity contribution in [1.82, 2.24) is 5.32 Å². The Labute approximate surface area is 194 Å². The van der Waals surface area contributed by atoms with Gasteiger partial charge in [0.25, 0.3) is 0 Å². The summed E-state index contributed by atoms with van der Waals surface area (Å²) in [5.41, 5.74) is 2.83. The Bertz CT molecular complexity index is 1010. The molecule has 5 heteroatoms. The van der Waals surface area contributed by atoms with Gasteiger partial charge < -0.3 is 10.2 Å². The van der Waals surface area contributed by atoms with Crippen molar-refractivity contribution < 1.29 is 9.18 Å². The molecule has 32 heavy (non-hydrogen) atoms. The molecule has 1 fully saturated rings. The molecular weight excluding hydrogens is 419 g/mol. The third kappa shape index (κ3) is 5.64. The number of hydrogen-bond acceptors (Lipinski definition) is 3. The molecule has 0 aliphatic heterocycles. The highest BCUT2D eigenvalue weighted by atomic mass is 32.1. The summed E-state index contributed by atoms with van der Waals surface area (Å²) >= 11 is 1.58. The molecule has 1 unspecified atom stereocenters. The van der Waals surface area contributed by atoms with Gasteiger partial charge in [-0.3, -0.25) is 4.79 Å². The van der Waals surface area contributed by atoms with Gasteiger partial charge in [-0.15, -0.1) is 11.3 Å². The number of amides is 1. The molecule has 1 aliphatic carbocycles. The lowest BCUT2D eigenvalue weighted by Crippen LogP contribution is -2.44. The maximum Gasteiger partial charge on any atom is 0.232 e. The van der Waals surface area contributed by atoms with Crippen LogP contribution >= 0.6 is 11.3 Å². The molecule has 1 N–H and O–H groups in total. The van der Waals surface area contributed by atoms with E-state index < -0.39 is 0 Å². The average molecular weight is 451 g/mol. The van der Waals surface area contributed by atoms with Crippen LogP contribution in [-0.2, 0) is 11.2 Å². The van der Waals surface area contributed by atoms with E-state index in [-0.39, 0.29) is 17.8 Å². The molecule has 1 atom stereocenters.